The fourth-order valence-corrected chi connectivity index (χ4v) is 1.54. The fourth-order valence-electron chi connectivity index (χ4n) is 1.54. The maximum absolute atomic E-state index is 5.89. The van der Waals surface area contributed by atoms with E-state index in [9.17, 15) is 0 Å². The molecule has 2 nitrogen and oxygen atoms in total. The molecule has 0 atom stereocenters. The van der Waals surface area contributed by atoms with Crippen molar-refractivity contribution in [2.45, 2.75) is 59.3 Å². The van der Waals surface area contributed by atoms with Crippen LogP contribution in [0.1, 0.15) is 51.7 Å². The van der Waals surface area contributed by atoms with Gasteiger partial charge in [-0.05, 0) is 44.4 Å². The summed E-state index contributed by atoms with van der Waals surface area (Å²) in [5.41, 5.74) is 2.55. The van der Waals surface area contributed by atoms with E-state index in [2.05, 4.69) is 57.3 Å². The third-order valence-electron chi connectivity index (χ3n) is 3.26. The summed E-state index contributed by atoms with van der Waals surface area (Å²) in [6, 6.07) is 8.68. The van der Waals surface area contributed by atoms with Gasteiger partial charge in [0.05, 0.1) is 12.2 Å². The molecule has 1 aromatic rings. The summed E-state index contributed by atoms with van der Waals surface area (Å²) in [6.45, 7) is 11.3. The quantitative estimate of drug-likeness (QED) is 0.706. The second-order valence-electron chi connectivity index (χ2n) is 5.40. The summed E-state index contributed by atoms with van der Waals surface area (Å²) >= 11 is 0. The summed E-state index contributed by atoms with van der Waals surface area (Å²) in [7, 11) is 0. The third kappa shape index (κ3) is 5.65. The van der Waals surface area contributed by atoms with Crippen LogP contribution in [0.4, 0.5) is 0 Å². The van der Waals surface area contributed by atoms with Gasteiger partial charge >= 0.3 is 0 Å². The van der Waals surface area contributed by atoms with Gasteiger partial charge in [0.2, 0.25) is 0 Å². The van der Waals surface area contributed by atoms with Crippen LogP contribution in [0.15, 0.2) is 24.3 Å². The molecule has 0 saturated heterocycles. The van der Waals surface area contributed by atoms with Crippen molar-refractivity contribution in [3.05, 3.63) is 35.4 Å². The highest BCUT2D eigenvalue weighted by Gasteiger charge is 2.14. The topological polar surface area (TPSA) is 21.3 Å². The van der Waals surface area contributed by atoms with Crippen LogP contribution in [0, 0.1) is 0 Å². The average Bonchev–Trinajstić information content (AvgIpc) is 2.38. The molecular formula is C16H27NO. The van der Waals surface area contributed by atoms with E-state index in [1.54, 1.807) is 0 Å². The van der Waals surface area contributed by atoms with E-state index in [1.807, 2.05) is 0 Å². The molecule has 0 spiro atoms. The number of benzene rings is 1. The molecule has 0 aliphatic rings. The van der Waals surface area contributed by atoms with Crippen LogP contribution < -0.4 is 5.32 Å². The normalized spacial score (nSPS) is 11.8. The fraction of sp³-hybridized carbons (Fsp3) is 0.625. The second kappa shape index (κ2) is 7.55. The molecular weight excluding hydrogens is 222 g/mol. The van der Waals surface area contributed by atoms with Gasteiger partial charge in [-0.3, -0.25) is 0 Å². The molecule has 0 aliphatic carbocycles. The molecule has 1 N–H and O–H groups in total. The third-order valence-corrected chi connectivity index (χ3v) is 3.26. The minimum Gasteiger partial charge on any atom is -0.371 e. The Morgan fingerprint density at radius 1 is 1.06 bits per heavy atom. The Labute approximate surface area is 112 Å². The first kappa shape index (κ1) is 15.2. The van der Waals surface area contributed by atoms with E-state index in [0.29, 0.717) is 6.61 Å². The molecule has 0 unspecified atom stereocenters. The maximum Gasteiger partial charge on any atom is 0.0724 e. The lowest BCUT2D eigenvalue weighted by Gasteiger charge is -2.23. The van der Waals surface area contributed by atoms with Crippen LogP contribution in [0.5, 0.6) is 0 Å². The van der Waals surface area contributed by atoms with Crippen molar-refractivity contribution in [2.75, 3.05) is 6.54 Å². The minimum absolute atomic E-state index is 0.0264. The Morgan fingerprint density at radius 2 is 1.67 bits per heavy atom. The molecule has 0 bridgehead atoms. The zero-order valence-corrected chi connectivity index (χ0v) is 12.3. The van der Waals surface area contributed by atoms with E-state index < -0.39 is 0 Å². The Kier molecular flexibility index (Phi) is 6.37. The van der Waals surface area contributed by atoms with Crippen molar-refractivity contribution in [1.29, 1.82) is 0 Å². The van der Waals surface area contributed by atoms with Gasteiger partial charge in [-0.25, -0.2) is 0 Å². The monoisotopic (exact) mass is 249 g/mol. The van der Waals surface area contributed by atoms with Crippen LogP contribution in [-0.4, -0.2) is 12.1 Å². The molecule has 0 fully saturated rings. The highest BCUT2D eigenvalue weighted by atomic mass is 16.5. The molecule has 0 radical (unpaired) electrons. The van der Waals surface area contributed by atoms with Crippen molar-refractivity contribution in [3.63, 3.8) is 0 Å². The van der Waals surface area contributed by atoms with Gasteiger partial charge in [-0.2, -0.15) is 0 Å². The first-order valence-electron chi connectivity index (χ1n) is 7.00. The van der Waals surface area contributed by atoms with Crippen molar-refractivity contribution in [2.24, 2.45) is 0 Å². The van der Waals surface area contributed by atoms with Gasteiger partial charge in [-0.15, -0.1) is 0 Å². The predicted molar refractivity (Wildman–Crippen MR) is 77.6 cm³/mol. The Morgan fingerprint density at radius 3 is 2.22 bits per heavy atom. The minimum atomic E-state index is -0.0264. The van der Waals surface area contributed by atoms with E-state index in [1.165, 1.54) is 17.5 Å². The molecule has 1 aromatic carbocycles. The molecule has 102 valence electrons. The molecule has 0 saturated carbocycles. The number of ether oxygens (including phenoxy) is 1. The van der Waals surface area contributed by atoms with Crippen molar-refractivity contribution >= 4 is 0 Å². The van der Waals surface area contributed by atoms with Gasteiger partial charge in [-0.1, -0.05) is 38.1 Å². The Hall–Kier alpha value is -0.860. The summed E-state index contributed by atoms with van der Waals surface area (Å²) in [6.07, 6.45) is 2.21. The number of hydrogen-bond donors (Lipinski definition) is 1. The van der Waals surface area contributed by atoms with Crippen LogP contribution in [0.2, 0.25) is 0 Å². The summed E-state index contributed by atoms with van der Waals surface area (Å²) < 4.78 is 5.89. The maximum atomic E-state index is 5.89. The Balaban J connectivity index is 2.40. The van der Waals surface area contributed by atoms with E-state index in [4.69, 9.17) is 4.74 Å². The summed E-state index contributed by atoms with van der Waals surface area (Å²) in [5, 5.41) is 3.40. The zero-order chi connectivity index (χ0) is 13.4. The number of rotatable bonds is 8. The van der Waals surface area contributed by atoms with Crippen molar-refractivity contribution < 1.29 is 4.74 Å². The summed E-state index contributed by atoms with van der Waals surface area (Å²) in [4.78, 5) is 0. The predicted octanol–water partition coefficient (Wildman–Crippen LogP) is 3.89. The van der Waals surface area contributed by atoms with E-state index in [0.717, 1.165) is 19.5 Å². The highest BCUT2D eigenvalue weighted by Crippen LogP contribution is 2.16. The lowest BCUT2D eigenvalue weighted by atomic mass is 10.1. The van der Waals surface area contributed by atoms with Crippen LogP contribution >= 0.6 is 0 Å². The zero-order valence-electron chi connectivity index (χ0n) is 12.3. The Bertz CT molecular complexity index is 329. The van der Waals surface area contributed by atoms with Gasteiger partial charge in [0.25, 0.3) is 0 Å². The lowest BCUT2D eigenvalue weighted by molar-refractivity contribution is -0.0316. The largest absolute Gasteiger partial charge is 0.371 e. The first-order chi connectivity index (χ1) is 8.57. The van der Waals surface area contributed by atoms with Crippen LogP contribution in [0.25, 0.3) is 0 Å². The van der Waals surface area contributed by atoms with Gasteiger partial charge in [0.1, 0.15) is 0 Å². The smallest absolute Gasteiger partial charge is 0.0724 e. The lowest BCUT2D eigenvalue weighted by Crippen LogP contribution is -2.22. The van der Waals surface area contributed by atoms with E-state index >= 15 is 0 Å². The molecule has 0 aromatic heterocycles. The average molecular weight is 249 g/mol. The number of nitrogens with one attached hydrogen (secondary N) is 1. The number of hydrogen-bond acceptors (Lipinski definition) is 2. The van der Waals surface area contributed by atoms with Crippen molar-refractivity contribution in [3.8, 4) is 0 Å². The first-order valence-corrected chi connectivity index (χ1v) is 7.00. The molecule has 2 heteroatoms. The molecule has 0 amide bonds. The highest BCUT2D eigenvalue weighted by molar-refractivity contribution is 5.21. The van der Waals surface area contributed by atoms with Gasteiger partial charge < -0.3 is 10.1 Å². The van der Waals surface area contributed by atoms with Crippen molar-refractivity contribution in [1.82, 2.24) is 5.32 Å². The molecule has 0 aliphatic heterocycles. The molecule has 18 heavy (non-hydrogen) atoms. The van der Waals surface area contributed by atoms with Crippen LogP contribution in [-0.2, 0) is 17.9 Å². The van der Waals surface area contributed by atoms with Gasteiger partial charge in [0.15, 0.2) is 0 Å². The summed E-state index contributed by atoms with van der Waals surface area (Å²) in [5.74, 6) is 0. The SMILES string of the molecule is CCCNCc1ccc(COC(C)(C)CC)cc1. The molecule has 0 heterocycles. The standard InChI is InChI=1S/C16H27NO/c1-5-11-17-12-14-7-9-15(10-8-14)13-18-16(3,4)6-2/h7-10,17H,5-6,11-13H2,1-4H3. The second-order valence-corrected chi connectivity index (χ2v) is 5.40. The van der Waals surface area contributed by atoms with E-state index in [-0.39, 0.29) is 5.60 Å². The van der Waals surface area contributed by atoms with Gasteiger partial charge in [0, 0.05) is 6.54 Å². The molecule has 1 rings (SSSR count). The van der Waals surface area contributed by atoms with Crippen LogP contribution in [0.3, 0.4) is 0 Å².